The summed E-state index contributed by atoms with van der Waals surface area (Å²) in [7, 11) is 1.16. The van der Waals surface area contributed by atoms with Crippen LogP contribution in [-0.2, 0) is 5.92 Å². The molecule has 1 heterocycles. The van der Waals surface area contributed by atoms with E-state index in [1.165, 1.54) is 12.3 Å². The van der Waals surface area contributed by atoms with Crippen molar-refractivity contribution in [1.29, 1.82) is 0 Å². The summed E-state index contributed by atoms with van der Waals surface area (Å²) >= 11 is 0. The molecule has 0 aliphatic carbocycles. The molecule has 3 aromatic rings. The lowest BCUT2D eigenvalue weighted by molar-refractivity contribution is -0.289. The van der Waals surface area contributed by atoms with E-state index in [0.717, 1.165) is 25.3 Å². The van der Waals surface area contributed by atoms with E-state index < -0.39 is 46.7 Å². The summed E-state index contributed by atoms with van der Waals surface area (Å²) < 4.78 is 88.0. The molecular weight excluding hydrogens is 486 g/mol. The van der Waals surface area contributed by atoms with E-state index in [2.05, 4.69) is 4.98 Å². The van der Waals surface area contributed by atoms with E-state index in [1.807, 2.05) is 0 Å². The van der Waals surface area contributed by atoms with Crippen LogP contribution in [0.25, 0.3) is 0 Å². The number of halogens is 6. The van der Waals surface area contributed by atoms with Crippen LogP contribution in [0.4, 0.5) is 26.3 Å². The lowest BCUT2D eigenvalue weighted by Crippen LogP contribution is -2.33. The van der Waals surface area contributed by atoms with Crippen molar-refractivity contribution in [1.82, 2.24) is 4.98 Å². The van der Waals surface area contributed by atoms with Crippen LogP contribution in [0.1, 0.15) is 26.4 Å². The first-order chi connectivity index (χ1) is 16.3. The Hall–Kier alpha value is -4.29. The molecule has 13 heteroatoms. The normalized spacial score (nSPS) is 11.2. The predicted octanol–water partition coefficient (Wildman–Crippen LogP) is 5.16. The number of rotatable bonds is 6. The number of amides is 1. The fourth-order valence-electron chi connectivity index (χ4n) is 2.50. The first-order valence-corrected chi connectivity index (χ1v) is 9.32. The van der Waals surface area contributed by atoms with Gasteiger partial charge in [0.1, 0.15) is 17.3 Å². The van der Waals surface area contributed by atoms with Crippen LogP contribution >= 0.6 is 0 Å². The highest BCUT2D eigenvalue weighted by Crippen LogP contribution is 2.45. The zero-order valence-corrected chi connectivity index (χ0v) is 17.6. The Balaban J connectivity index is 0.000000402. The number of nitrogens with zero attached hydrogens (tertiary/aromatic N) is 1. The van der Waals surface area contributed by atoms with E-state index >= 15 is 0 Å². The molecule has 35 heavy (non-hydrogen) atoms. The highest BCUT2D eigenvalue weighted by molar-refractivity contribution is 5.95. The molecule has 1 amide bonds. The molecule has 0 atom stereocenters. The third-order valence-electron chi connectivity index (χ3n) is 4.20. The first-order valence-electron chi connectivity index (χ1n) is 9.32. The topological polar surface area (TPSA) is 112 Å². The van der Waals surface area contributed by atoms with Crippen LogP contribution in [0.2, 0.25) is 0 Å². The maximum absolute atomic E-state index is 13.5. The van der Waals surface area contributed by atoms with Crippen LogP contribution in [0, 0.1) is 5.82 Å². The van der Waals surface area contributed by atoms with Gasteiger partial charge in [0.05, 0.1) is 12.7 Å². The monoisotopic (exact) mass is 502 g/mol. The van der Waals surface area contributed by atoms with Crippen molar-refractivity contribution in [2.75, 3.05) is 7.11 Å². The summed E-state index contributed by atoms with van der Waals surface area (Å²) in [5, 5.41) is 8.32. The number of carboxylic acid groups (broad SMARTS) is 1. The van der Waals surface area contributed by atoms with Crippen molar-refractivity contribution in [3.05, 3.63) is 83.4 Å². The molecule has 3 rings (SSSR count). The second-order valence-corrected chi connectivity index (χ2v) is 6.56. The van der Waals surface area contributed by atoms with Crippen LogP contribution < -0.4 is 15.2 Å². The lowest BCUT2D eigenvalue weighted by Gasteiger charge is -2.21. The van der Waals surface area contributed by atoms with E-state index in [-0.39, 0.29) is 17.2 Å². The maximum atomic E-state index is 13.5. The van der Waals surface area contributed by atoms with E-state index in [9.17, 15) is 35.9 Å². The molecule has 0 aliphatic heterocycles. The van der Waals surface area contributed by atoms with Crippen molar-refractivity contribution in [2.45, 2.75) is 12.1 Å². The van der Waals surface area contributed by atoms with Crippen molar-refractivity contribution in [3.8, 4) is 17.2 Å². The number of aromatic carboxylic acids is 1. The second-order valence-electron chi connectivity index (χ2n) is 6.56. The fourth-order valence-corrected chi connectivity index (χ4v) is 2.50. The number of aromatic nitrogens is 1. The van der Waals surface area contributed by atoms with Gasteiger partial charge in [-0.1, -0.05) is 12.1 Å². The quantitative estimate of drug-likeness (QED) is 0.451. The number of benzene rings is 2. The lowest BCUT2D eigenvalue weighted by atomic mass is 10.0. The Kier molecular flexibility index (Phi) is 8.29. The summed E-state index contributed by atoms with van der Waals surface area (Å²) in [5.41, 5.74) is 3.27. The first kappa shape index (κ1) is 27.0. The number of ether oxygens (including phenoxy) is 2. The number of nitrogens with two attached hydrogens (primary N) is 1. The maximum Gasteiger partial charge on any atom is 0.458 e. The van der Waals surface area contributed by atoms with Gasteiger partial charge in [-0.25, -0.2) is 14.2 Å². The highest BCUT2D eigenvalue weighted by atomic mass is 19.4. The molecule has 2 aromatic carbocycles. The minimum Gasteiger partial charge on any atom is -0.493 e. The number of carboxylic acids is 1. The average Bonchev–Trinajstić information content (AvgIpc) is 2.80. The number of carbonyl (C=O) groups is 2. The van der Waals surface area contributed by atoms with E-state index in [1.54, 1.807) is 12.1 Å². The van der Waals surface area contributed by atoms with Gasteiger partial charge in [-0.05, 0) is 36.4 Å². The zero-order chi connectivity index (χ0) is 26.4. The van der Waals surface area contributed by atoms with Gasteiger partial charge in [0.25, 0.3) is 5.91 Å². The molecule has 0 fully saturated rings. The molecule has 0 saturated heterocycles. The number of alkyl halides is 5. The molecule has 0 bridgehead atoms. The number of methoxy groups -OCH3 is 1. The summed E-state index contributed by atoms with van der Waals surface area (Å²) in [6.45, 7) is 0. The number of hydrogen-bond donors (Lipinski definition) is 2. The third kappa shape index (κ3) is 6.62. The van der Waals surface area contributed by atoms with Crippen molar-refractivity contribution in [2.24, 2.45) is 5.73 Å². The smallest absolute Gasteiger partial charge is 0.458 e. The Morgan fingerprint density at radius 2 is 1.63 bits per heavy atom. The molecule has 3 N–H and O–H groups in total. The molecule has 0 unspecified atom stereocenters. The largest absolute Gasteiger partial charge is 0.493 e. The number of pyridine rings is 1. The number of carbonyl (C=O) groups excluding carboxylic acids is 1. The third-order valence-corrected chi connectivity index (χ3v) is 4.20. The Morgan fingerprint density at radius 1 is 0.943 bits per heavy atom. The summed E-state index contributed by atoms with van der Waals surface area (Å²) in [6.07, 6.45) is -4.41. The molecule has 0 spiro atoms. The molecule has 1 aromatic heterocycles. The summed E-state index contributed by atoms with van der Waals surface area (Å²) in [4.78, 5) is 25.1. The van der Waals surface area contributed by atoms with Crippen LogP contribution in [-0.4, -0.2) is 35.3 Å². The number of primary amides is 1. The highest BCUT2D eigenvalue weighted by Gasteiger charge is 2.58. The van der Waals surface area contributed by atoms with Crippen molar-refractivity contribution >= 4 is 11.9 Å². The van der Waals surface area contributed by atoms with E-state index in [4.69, 9.17) is 20.3 Å². The Labute approximate surface area is 193 Å². The van der Waals surface area contributed by atoms with Crippen molar-refractivity contribution < 1.29 is 50.5 Å². The minimum atomic E-state index is -5.86. The fraction of sp³-hybridized carbons (Fsp3) is 0.136. The second kappa shape index (κ2) is 10.8. The molecule has 0 aliphatic rings. The molecule has 7 nitrogen and oxygen atoms in total. The SMILES string of the molecule is COc1cc(F)ccc1Oc1cc(C(F)(F)C(F)(F)F)ccc1C(N)=O.O=C(O)c1ccccn1. The summed E-state index contributed by atoms with van der Waals surface area (Å²) in [5.74, 6) is -9.06. The van der Waals surface area contributed by atoms with Crippen LogP contribution in [0.15, 0.2) is 60.8 Å². The van der Waals surface area contributed by atoms with Gasteiger partial charge in [0.15, 0.2) is 11.5 Å². The Morgan fingerprint density at radius 3 is 2.11 bits per heavy atom. The minimum absolute atomic E-state index is 0.0810. The van der Waals surface area contributed by atoms with E-state index in [0.29, 0.717) is 18.2 Å². The van der Waals surface area contributed by atoms with Gasteiger partial charge < -0.3 is 20.3 Å². The Bertz CT molecular complexity index is 1200. The van der Waals surface area contributed by atoms with Crippen molar-refractivity contribution in [3.63, 3.8) is 0 Å². The predicted molar refractivity (Wildman–Crippen MR) is 109 cm³/mol. The van der Waals surface area contributed by atoms with Crippen LogP contribution in [0.5, 0.6) is 17.2 Å². The van der Waals surface area contributed by atoms with Gasteiger partial charge in [0.2, 0.25) is 0 Å². The summed E-state index contributed by atoms with van der Waals surface area (Å²) in [6, 6.07) is 9.09. The molecule has 0 radical (unpaired) electrons. The molecule has 186 valence electrons. The van der Waals surface area contributed by atoms with Crippen LogP contribution in [0.3, 0.4) is 0 Å². The van der Waals surface area contributed by atoms with Gasteiger partial charge in [-0.15, -0.1) is 0 Å². The van der Waals surface area contributed by atoms with Gasteiger partial charge >= 0.3 is 18.1 Å². The zero-order valence-electron chi connectivity index (χ0n) is 17.6. The number of hydrogen-bond acceptors (Lipinski definition) is 5. The standard InChI is InChI=1S/C16H11F6NO3.C6H5NO2/c1-25-13-7-9(17)3-5-11(13)26-12-6-8(2-4-10(12)14(23)24)15(18,19)16(20,21)22;8-6(9)5-3-1-2-4-7-5/h2-7H,1H3,(H2,23,24);1-4H,(H,8,9). The average molecular weight is 502 g/mol. The van der Waals surface area contributed by atoms with Gasteiger partial charge in [-0.2, -0.15) is 22.0 Å². The van der Waals surface area contributed by atoms with Gasteiger partial charge in [0, 0.05) is 17.8 Å². The molecule has 0 saturated carbocycles. The van der Waals surface area contributed by atoms with Gasteiger partial charge in [-0.3, -0.25) is 4.79 Å². The molecular formula is C22H16F6N2O5.